The van der Waals surface area contributed by atoms with Crippen molar-refractivity contribution in [1.29, 1.82) is 0 Å². The van der Waals surface area contributed by atoms with Crippen molar-refractivity contribution in [3.63, 3.8) is 0 Å². The van der Waals surface area contributed by atoms with Gasteiger partial charge in [0.25, 0.3) is 0 Å². The van der Waals surface area contributed by atoms with Crippen molar-refractivity contribution < 1.29 is 24.1 Å². The van der Waals surface area contributed by atoms with Crippen molar-refractivity contribution in [2.45, 2.75) is 12.8 Å². The van der Waals surface area contributed by atoms with Gasteiger partial charge in [-0.1, -0.05) is 0 Å². The molecule has 8 nitrogen and oxygen atoms in total. The van der Waals surface area contributed by atoms with E-state index in [2.05, 4.69) is 11.0 Å². The summed E-state index contributed by atoms with van der Waals surface area (Å²) < 4.78 is 16.9. The molecule has 35 heavy (non-hydrogen) atoms. The third-order valence-electron chi connectivity index (χ3n) is 6.37. The number of aryl methyl sites for hydroxylation is 1. The van der Waals surface area contributed by atoms with Crippen molar-refractivity contribution in [2.24, 2.45) is 0 Å². The lowest BCUT2D eigenvalue weighted by atomic mass is 10.0. The number of hydrogen-bond donors (Lipinski definition) is 1. The number of rotatable bonds is 4. The van der Waals surface area contributed by atoms with Crippen LogP contribution in [0.1, 0.15) is 22.3 Å². The van der Waals surface area contributed by atoms with Crippen LogP contribution < -0.4 is 19.1 Å². The van der Waals surface area contributed by atoms with Gasteiger partial charge in [0.05, 0.1) is 23.7 Å². The smallest absolute Gasteiger partial charge is 0.335 e. The van der Waals surface area contributed by atoms with Gasteiger partial charge in [-0.3, -0.25) is 0 Å². The topological polar surface area (TPSA) is 94.0 Å². The normalized spacial score (nSPS) is 14.5. The zero-order valence-corrected chi connectivity index (χ0v) is 19.2. The summed E-state index contributed by atoms with van der Waals surface area (Å²) in [5.41, 5.74) is 5.08. The Hall–Kier alpha value is -4.33. The molecule has 0 saturated heterocycles. The molecule has 4 aromatic rings. The van der Waals surface area contributed by atoms with E-state index in [1.807, 2.05) is 30.3 Å². The minimum atomic E-state index is -0.999. The summed E-state index contributed by atoms with van der Waals surface area (Å²) in [6, 6.07) is 16.6. The molecule has 2 aliphatic heterocycles. The second-order valence-electron chi connectivity index (χ2n) is 8.51. The Morgan fingerprint density at radius 2 is 1.83 bits per heavy atom. The highest BCUT2D eigenvalue weighted by Crippen LogP contribution is 2.41. The maximum absolute atomic E-state index is 11.6. The van der Waals surface area contributed by atoms with Gasteiger partial charge >= 0.3 is 5.97 Å². The first-order valence-electron chi connectivity index (χ1n) is 11.5. The van der Waals surface area contributed by atoms with Crippen LogP contribution >= 0.6 is 0 Å². The van der Waals surface area contributed by atoms with E-state index in [4.69, 9.17) is 24.2 Å². The Bertz CT molecular complexity index is 1470. The minimum absolute atomic E-state index is 0.175. The molecule has 1 N–H and O–H groups in total. The van der Waals surface area contributed by atoms with Crippen LogP contribution in [0, 0.1) is 0 Å². The van der Waals surface area contributed by atoms with Gasteiger partial charge in [0.15, 0.2) is 17.3 Å². The number of methoxy groups -OCH3 is 1. The fourth-order valence-corrected chi connectivity index (χ4v) is 4.67. The van der Waals surface area contributed by atoms with E-state index in [9.17, 15) is 9.90 Å². The zero-order valence-electron chi connectivity index (χ0n) is 19.2. The first-order chi connectivity index (χ1) is 17.1. The lowest BCUT2D eigenvalue weighted by Crippen LogP contribution is -2.26. The van der Waals surface area contributed by atoms with Crippen molar-refractivity contribution in [3.05, 3.63) is 65.7 Å². The molecule has 0 atom stereocenters. The number of benzene rings is 3. The van der Waals surface area contributed by atoms with Gasteiger partial charge in [-0.05, 0) is 73.0 Å². The second kappa shape index (κ2) is 8.47. The van der Waals surface area contributed by atoms with Crippen LogP contribution in [0.15, 0.2) is 54.6 Å². The molecule has 6 rings (SSSR count). The fraction of sp³-hybridized carbons (Fsp3) is 0.222. The highest BCUT2D eigenvalue weighted by Gasteiger charge is 2.25. The van der Waals surface area contributed by atoms with Crippen LogP contribution in [-0.2, 0) is 6.42 Å². The Labute approximate surface area is 201 Å². The predicted molar refractivity (Wildman–Crippen MR) is 131 cm³/mol. The molecule has 0 bridgehead atoms. The van der Waals surface area contributed by atoms with Crippen molar-refractivity contribution >= 4 is 28.5 Å². The molecule has 0 spiro atoms. The third-order valence-corrected chi connectivity index (χ3v) is 6.37. The average molecular weight is 469 g/mol. The Kier molecular flexibility index (Phi) is 5.13. The number of hydrogen-bond acceptors (Lipinski definition) is 7. The quantitative estimate of drug-likeness (QED) is 0.453. The average Bonchev–Trinajstić information content (AvgIpc) is 2.91. The molecule has 1 aromatic heterocycles. The monoisotopic (exact) mass is 469 g/mol. The van der Waals surface area contributed by atoms with E-state index in [1.165, 1.54) is 5.56 Å². The lowest BCUT2D eigenvalue weighted by Gasteiger charge is -2.32. The number of carbonyl (C=O) groups is 1. The summed E-state index contributed by atoms with van der Waals surface area (Å²) in [5.74, 6) is 1.86. The molecule has 0 radical (unpaired) electrons. The molecule has 3 aromatic carbocycles. The van der Waals surface area contributed by atoms with Crippen LogP contribution in [0.4, 0.5) is 11.5 Å². The SMILES string of the molecule is COc1ccc2c(c1)CCCN2c1nc2cc(C(=O)O)ccc2nc1-c1ccc2c(c1)OCCO2. The zero-order chi connectivity index (χ0) is 23.9. The summed E-state index contributed by atoms with van der Waals surface area (Å²) >= 11 is 0. The van der Waals surface area contributed by atoms with Crippen LogP contribution in [-0.4, -0.2) is 47.9 Å². The van der Waals surface area contributed by atoms with Crippen molar-refractivity contribution in [2.75, 3.05) is 31.8 Å². The van der Waals surface area contributed by atoms with E-state index in [0.29, 0.717) is 47.3 Å². The first-order valence-corrected chi connectivity index (χ1v) is 11.5. The standard InChI is InChI=1S/C27H23N3O5/c1-33-19-6-8-22-16(13-19)3-2-10-30(22)26-25(17-5-9-23-24(15-17)35-12-11-34-23)28-20-7-4-18(27(31)32)14-21(20)29-26/h4-9,13-15H,2-3,10-12H2,1H3,(H,31,32). The van der Waals surface area contributed by atoms with Crippen LogP contribution in [0.3, 0.4) is 0 Å². The maximum atomic E-state index is 11.6. The third kappa shape index (κ3) is 3.77. The molecule has 0 aliphatic carbocycles. The molecule has 0 fully saturated rings. The number of fused-ring (bicyclic) bond motifs is 3. The second-order valence-corrected chi connectivity index (χ2v) is 8.51. The van der Waals surface area contributed by atoms with Gasteiger partial charge in [0.2, 0.25) is 0 Å². The number of carboxylic acid groups (broad SMARTS) is 1. The van der Waals surface area contributed by atoms with E-state index >= 15 is 0 Å². The van der Waals surface area contributed by atoms with Crippen molar-refractivity contribution in [1.82, 2.24) is 9.97 Å². The summed E-state index contributed by atoms with van der Waals surface area (Å²) in [4.78, 5) is 23.7. The van der Waals surface area contributed by atoms with Gasteiger partial charge in [-0.15, -0.1) is 0 Å². The van der Waals surface area contributed by atoms with Gasteiger partial charge in [-0.25, -0.2) is 14.8 Å². The number of aromatic nitrogens is 2. The largest absolute Gasteiger partial charge is 0.497 e. The molecular formula is C27H23N3O5. The summed E-state index contributed by atoms with van der Waals surface area (Å²) in [7, 11) is 1.66. The Balaban J connectivity index is 1.56. The number of anilines is 2. The van der Waals surface area contributed by atoms with Gasteiger partial charge in [0.1, 0.15) is 24.7 Å². The summed E-state index contributed by atoms with van der Waals surface area (Å²) in [6.45, 7) is 1.77. The molecule has 0 amide bonds. The van der Waals surface area contributed by atoms with Gasteiger partial charge < -0.3 is 24.2 Å². The van der Waals surface area contributed by atoms with Crippen LogP contribution in [0.25, 0.3) is 22.3 Å². The van der Waals surface area contributed by atoms with Crippen LogP contribution in [0.5, 0.6) is 17.2 Å². The highest BCUT2D eigenvalue weighted by molar-refractivity contribution is 5.94. The predicted octanol–water partition coefficient (Wildman–Crippen LogP) is 4.86. The van der Waals surface area contributed by atoms with E-state index in [0.717, 1.165) is 36.4 Å². The molecule has 2 aliphatic rings. The van der Waals surface area contributed by atoms with E-state index in [-0.39, 0.29) is 5.56 Å². The van der Waals surface area contributed by atoms with Gasteiger partial charge in [0, 0.05) is 17.8 Å². The molecule has 3 heterocycles. The Morgan fingerprint density at radius 1 is 0.971 bits per heavy atom. The molecule has 0 unspecified atom stereocenters. The fourth-order valence-electron chi connectivity index (χ4n) is 4.67. The van der Waals surface area contributed by atoms with Crippen molar-refractivity contribution in [3.8, 4) is 28.5 Å². The lowest BCUT2D eigenvalue weighted by molar-refractivity contribution is 0.0697. The molecule has 176 valence electrons. The highest BCUT2D eigenvalue weighted by atomic mass is 16.6. The summed E-state index contributed by atoms with van der Waals surface area (Å²) in [6.07, 6.45) is 1.88. The molecule has 0 saturated carbocycles. The number of nitrogens with zero attached hydrogens (tertiary/aromatic N) is 3. The van der Waals surface area contributed by atoms with Crippen LogP contribution in [0.2, 0.25) is 0 Å². The number of ether oxygens (including phenoxy) is 3. The minimum Gasteiger partial charge on any atom is -0.497 e. The first kappa shape index (κ1) is 21.2. The number of aromatic carboxylic acids is 1. The van der Waals surface area contributed by atoms with E-state index < -0.39 is 5.97 Å². The molecular weight excluding hydrogens is 446 g/mol. The summed E-state index contributed by atoms with van der Waals surface area (Å²) in [5, 5.41) is 9.49. The molecule has 8 heteroatoms. The maximum Gasteiger partial charge on any atom is 0.335 e. The van der Waals surface area contributed by atoms with Gasteiger partial charge in [-0.2, -0.15) is 0 Å². The van der Waals surface area contributed by atoms with E-state index in [1.54, 1.807) is 25.3 Å². The Morgan fingerprint density at radius 3 is 2.66 bits per heavy atom. The number of carboxylic acids is 1.